The Hall–Kier alpha value is -3.84. The Kier molecular flexibility index (Phi) is 10.5. The second-order valence-corrected chi connectivity index (χ2v) is 9.54. The number of carboxylic acids is 2. The molecule has 0 bridgehead atoms. The number of nitrogens with one attached hydrogen (secondary N) is 2. The van der Waals surface area contributed by atoms with E-state index in [2.05, 4.69) is 15.8 Å². The first-order chi connectivity index (χ1) is 17.7. The third-order valence-electron chi connectivity index (χ3n) is 5.18. The minimum atomic E-state index is -2.27. The number of hydrogen-bond donors (Lipinski definition) is 7. The lowest BCUT2D eigenvalue weighted by Gasteiger charge is -2.22. The standard InChI is InChI=1S/C22H27N3O3.C4H6O6/c1-14(26)24-19-11-7-10-17-16-8-5-6-9-18(16)21(20(17)19)25-28-13-15(27)12-23-22(2,3)4;5-1(3(7)8)2(6)4(9)10/h5-11,15,23,27H,12-13H2,1-4H3,(H,24,26);1-2,5-6H,(H,7,8)(H,9,10)/b25-21+;. The molecule has 206 valence electrons. The van der Waals surface area contributed by atoms with Gasteiger partial charge < -0.3 is 41.0 Å². The van der Waals surface area contributed by atoms with E-state index in [1.165, 1.54) is 6.92 Å². The third-order valence-corrected chi connectivity index (χ3v) is 5.18. The Morgan fingerprint density at radius 3 is 1.97 bits per heavy atom. The molecule has 1 aliphatic carbocycles. The third kappa shape index (κ3) is 8.35. The first-order valence-corrected chi connectivity index (χ1v) is 11.7. The molecule has 2 aromatic rings. The normalized spacial score (nSPS) is 15.3. The summed E-state index contributed by atoms with van der Waals surface area (Å²) in [5, 5.41) is 53.1. The van der Waals surface area contributed by atoms with Crippen LogP contribution in [0.2, 0.25) is 0 Å². The molecule has 3 unspecified atom stereocenters. The fourth-order valence-electron chi connectivity index (χ4n) is 3.42. The highest BCUT2D eigenvalue weighted by Gasteiger charge is 2.30. The largest absolute Gasteiger partial charge is 0.479 e. The lowest BCUT2D eigenvalue weighted by Crippen LogP contribution is -2.42. The number of amides is 1. The molecular formula is C26H33N3O9. The summed E-state index contributed by atoms with van der Waals surface area (Å²) in [7, 11) is 0. The summed E-state index contributed by atoms with van der Waals surface area (Å²) in [6.07, 6.45) is -5.21. The minimum absolute atomic E-state index is 0.0758. The number of aliphatic carboxylic acids is 2. The van der Waals surface area contributed by atoms with Crippen LogP contribution < -0.4 is 10.6 Å². The first-order valence-electron chi connectivity index (χ1n) is 11.7. The molecule has 12 heteroatoms. The molecule has 3 rings (SSSR count). The molecule has 1 aliphatic rings. The van der Waals surface area contributed by atoms with Gasteiger partial charge >= 0.3 is 11.9 Å². The van der Waals surface area contributed by atoms with Gasteiger partial charge in [0.1, 0.15) is 18.4 Å². The summed E-state index contributed by atoms with van der Waals surface area (Å²) in [6, 6.07) is 13.7. The summed E-state index contributed by atoms with van der Waals surface area (Å²) < 4.78 is 0. The number of rotatable bonds is 9. The van der Waals surface area contributed by atoms with Crippen molar-refractivity contribution in [3.63, 3.8) is 0 Å². The van der Waals surface area contributed by atoms with Crippen LogP contribution in [0.1, 0.15) is 38.8 Å². The molecule has 12 nitrogen and oxygen atoms in total. The van der Waals surface area contributed by atoms with Gasteiger partial charge in [-0.25, -0.2) is 9.59 Å². The molecule has 0 saturated heterocycles. The molecule has 2 aromatic carbocycles. The van der Waals surface area contributed by atoms with E-state index in [4.69, 9.17) is 25.3 Å². The number of oxime groups is 1. The molecular weight excluding hydrogens is 498 g/mol. The lowest BCUT2D eigenvalue weighted by atomic mass is 10.0. The molecule has 3 atom stereocenters. The number of nitrogens with zero attached hydrogens (tertiary/aromatic N) is 1. The number of β-amino-alcohol motifs (C(OH)–C–C–N with tert-alkyl or cyclic N) is 1. The van der Waals surface area contributed by atoms with E-state index in [9.17, 15) is 19.5 Å². The number of fused-ring (bicyclic) bond motifs is 3. The SMILES string of the molecule is CC(=O)Nc1cccc2c1/C(=N/OCC(O)CNC(C)(C)C)c1ccccc1-2.O=C(O)C(O)C(O)C(=O)O. The summed E-state index contributed by atoms with van der Waals surface area (Å²) in [5.41, 5.74) is 5.09. The zero-order valence-electron chi connectivity index (χ0n) is 21.5. The number of carbonyl (C=O) groups is 3. The van der Waals surface area contributed by atoms with Gasteiger partial charge in [-0.1, -0.05) is 41.6 Å². The Morgan fingerprint density at radius 2 is 1.45 bits per heavy atom. The van der Waals surface area contributed by atoms with E-state index < -0.39 is 30.3 Å². The van der Waals surface area contributed by atoms with Gasteiger partial charge in [0.15, 0.2) is 12.2 Å². The maximum Gasteiger partial charge on any atom is 0.335 e. The number of carboxylic acid groups (broad SMARTS) is 2. The van der Waals surface area contributed by atoms with Crippen LogP contribution in [-0.4, -0.2) is 86.1 Å². The summed E-state index contributed by atoms with van der Waals surface area (Å²) in [4.78, 5) is 36.7. The molecule has 7 N–H and O–H groups in total. The van der Waals surface area contributed by atoms with Crippen LogP contribution >= 0.6 is 0 Å². The van der Waals surface area contributed by atoms with Crippen molar-refractivity contribution in [3.8, 4) is 11.1 Å². The van der Waals surface area contributed by atoms with Gasteiger partial charge in [0, 0.05) is 30.1 Å². The number of hydrogen-bond acceptors (Lipinski definition) is 9. The number of carbonyl (C=O) groups excluding carboxylic acids is 1. The molecule has 0 aromatic heterocycles. The molecule has 0 radical (unpaired) electrons. The smallest absolute Gasteiger partial charge is 0.335 e. The molecule has 0 heterocycles. The van der Waals surface area contributed by atoms with Crippen molar-refractivity contribution in [1.29, 1.82) is 0 Å². The molecule has 38 heavy (non-hydrogen) atoms. The Labute approximate surface area is 219 Å². The van der Waals surface area contributed by atoms with Gasteiger partial charge in [-0.2, -0.15) is 0 Å². The fourth-order valence-corrected chi connectivity index (χ4v) is 3.42. The van der Waals surface area contributed by atoms with E-state index in [0.29, 0.717) is 17.9 Å². The average molecular weight is 532 g/mol. The van der Waals surface area contributed by atoms with E-state index in [1.807, 2.05) is 63.2 Å². The monoisotopic (exact) mass is 531 g/mol. The Balaban J connectivity index is 0.000000432. The quantitative estimate of drug-likeness (QED) is 0.196. The van der Waals surface area contributed by atoms with Gasteiger partial charge in [0.2, 0.25) is 5.91 Å². The highest BCUT2D eigenvalue weighted by molar-refractivity contribution is 6.27. The van der Waals surface area contributed by atoms with Gasteiger partial charge in [-0.15, -0.1) is 0 Å². The Bertz CT molecular complexity index is 1170. The van der Waals surface area contributed by atoms with E-state index in [0.717, 1.165) is 22.3 Å². The summed E-state index contributed by atoms with van der Waals surface area (Å²) in [6.45, 7) is 8.09. The second kappa shape index (κ2) is 13.1. The van der Waals surface area contributed by atoms with Crippen LogP contribution in [0.4, 0.5) is 5.69 Å². The maximum absolute atomic E-state index is 11.6. The topological polar surface area (TPSA) is 198 Å². The summed E-state index contributed by atoms with van der Waals surface area (Å²) >= 11 is 0. The average Bonchev–Trinajstić information content (AvgIpc) is 3.16. The van der Waals surface area contributed by atoms with Gasteiger partial charge in [0.25, 0.3) is 0 Å². The van der Waals surface area contributed by atoms with E-state index >= 15 is 0 Å². The highest BCUT2D eigenvalue weighted by atomic mass is 16.6. The van der Waals surface area contributed by atoms with Gasteiger partial charge in [-0.05, 0) is 38.0 Å². The Morgan fingerprint density at radius 1 is 0.895 bits per heavy atom. The van der Waals surface area contributed by atoms with Crippen LogP contribution in [-0.2, 0) is 19.2 Å². The first kappa shape index (κ1) is 30.4. The highest BCUT2D eigenvalue weighted by Crippen LogP contribution is 2.40. The number of anilines is 1. The fraction of sp³-hybridized carbons (Fsp3) is 0.385. The molecule has 0 aliphatic heterocycles. The maximum atomic E-state index is 11.6. The van der Waals surface area contributed by atoms with Crippen molar-refractivity contribution in [2.75, 3.05) is 18.5 Å². The van der Waals surface area contributed by atoms with Crippen molar-refractivity contribution in [2.45, 2.75) is 51.5 Å². The van der Waals surface area contributed by atoms with Crippen LogP contribution in [0, 0.1) is 0 Å². The van der Waals surface area contributed by atoms with Crippen molar-refractivity contribution in [1.82, 2.24) is 5.32 Å². The van der Waals surface area contributed by atoms with E-state index in [-0.39, 0.29) is 18.1 Å². The van der Waals surface area contributed by atoms with Gasteiger partial charge in [0.05, 0.1) is 5.69 Å². The van der Waals surface area contributed by atoms with Crippen molar-refractivity contribution in [3.05, 3.63) is 53.6 Å². The predicted molar refractivity (Wildman–Crippen MR) is 139 cm³/mol. The van der Waals surface area contributed by atoms with Crippen molar-refractivity contribution < 1.29 is 44.8 Å². The molecule has 0 saturated carbocycles. The predicted octanol–water partition coefficient (Wildman–Crippen LogP) is 1.02. The van der Waals surface area contributed by atoms with Crippen LogP contribution in [0.25, 0.3) is 11.1 Å². The number of aliphatic hydroxyl groups excluding tert-OH is 3. The molecule has 0 fully saturated rings. The zero-order chi connectivity index (χ0) is 28.6. The van der Waals surface area contributed by atoms with Gasteiger partial charge in [-0.3, -0.25) is 4.79 Å². The second-order valence-electron chi connectivity index (χ2n) is 9.54. The lowest BCUT2D eigenvalue weighted by molar-refractivity contribution is -0.165. The van der Waals surface area contributed by atoms with Crippen molar-refractivity contribution >= 4 is 29.2 Å². The number of benzene rings is 2. The zero-order valence-corrected chi connectivity index (χ0v) is 21.5. The van der Waals surface area contributed by atoms with Crippen molar-refractivity contribution in [2.24, 2.45) is 5.16 Å². The minimum Gasteiger partial charge on any atom is -0.479 e. The van der Waals surface area contributed by atoms with Crippen LogP contribution in [0.3, 0.4) is 0 Å². The van der Waals surface area contributed by atoms with E-state index in [1.54, 1.807) is 0 Å². The number of aliphatic hydroxyl groups is 3. The molecule has 0 spiro atoms. The van der Waals surface area contributed by atoms with Crippen LogP contribution in [0.5, 0.6) is 0 Å². The molecule has 1 amide bonds. The summed E-state index contributed by atoms with van der Waals surface area (Å²) in [5.74, 6) is -3.68. The van der Waals surface area contributed by atoms with Crippen LogP contribution in [0.15, 0.2) is 47.6 Å².